The number of benzene rings is 1. The van der Waals surface area contributed by atoms with Gasteiger partial charge in [-0.15, -0.1) is 6.58 Å². The SMILES string of the molecule is C=CCCC(=O)NC(CC)c1ccccc1OCC(=O)N1CCCC1. The number of rotatable bonds is 9. The maximum atomic E-state index is 12.2. The van der Waals surface area contributed by atoms with Crippen molar-refractivity contribution in [2.45, 2.75) is 45.1 Å². The summed E-state index contributed by atoms with van der Waals surface area (Å²) >= 11 is 0. The molecule has 1 aromatic rings. The first-order valence-electron chi connectivity index (χ1n) is 9.05. The lowest BCUT2D eigenvalue weighted by Crippen LogP contribution is -2.32. The number of carbonyl (C=O) groups is 2. The summed E-state index contributed by atoms with van der Waals surface area (Å²) in [6.45, 7) is 7.34. The number of ether oxygens (including phenoxy) is 1. The van der Waals surface area contributed by atoms with Gasteiger partial charge in [0, 0.05) is 25.1 Å². The Bertz CT molecular complexity index is 594. The van der Waals surface area contributed by atoms with Crippen LogP contribution < -0.4 is 10.1 Å². The Kier molecular flexibility index (Phi) is 7.51. The van der Waals surface area contributed by atoms with Crippen molar-refractivity contribution < 1.29 is 14.3 Å². The second-order valence-electron chi connectivity index (χ2n) is 6.27. The minimum Gasteiger partial charge on any atom is -0.483 e. The smallest absolute Gasteiger partial charge is 0.260 e. The largest absolute Gasteiger partial charge is 0.483 e. The Labute approximate surface area is 150 Å². The molecule has 1 aliphatic heterocycles. The summed E-state index contributed by atoms with van der Waals surface area (Å²) in [5, 5.41) is 3.04. The predicted octanol–water partition coefficient (Wildman–Crippen LogP) is 3.22. The molecule has 5 heteroatoms. The summed E-state index contributed by atoms with van der Waals surface area (Å²) in [6, 6.07) is 7.47. The van der Waals surface area contributed by atoms with Gasteiger partial charge >= 0.3 is 0 Å². The summed E-state index contributed by atoms with van der Waals surface area (Å²) < 4.78 is 5.80. The molecule has 25 heavy (non-hydrogen) atoms. The van der Waals surface area contributed by atoms with Crippen LogP contribution in [-0.2, 0) is 9.59 Å². The van der Waals surface area contributed by atoms with E-state index in [0.29, 0.717) is 18.6 Å². The van der Waals surface area contributed by atoms with Crippen molar-refractivity contribution in [1.29, 1.82) is 0 Å². The Balaban J connectivity index is 2.00. The third kappa shape index (κ3) is 5.62. The van der Waals surface area contributed by atoms with E-state index in [1.807, 2.05) is 36.1 Å². The quantitative estimate of drug-likeness (QED) is 0.700. The van der Waals surface area contributed by atoms with E-state index in [4.69, 9.17) is 4.74 Å². The summed E-state index contributed by atoms with van der Waals surface area (Å²) in [5.41, 5.74) is 0.908. The second-order valence-corrected chi connectivity index (χ2v) is 6.27. The van der Waals surface area contributed by atoms with E-state index in [0.717, 1.165) is 37.9 Å². The van der Waals surface area contributed by atoms with Gasteiger partial charge in [0.05, 0.1) is 6.04 Å². The van der Waals surface area contributed by atoms with Crippen LogP contribution in [0, 0.1) is 0 Å². The molecule has 1 N–H and O–H groups in total. The van der Waals surface area contributed by atoms with Crippen LogP contribution in [0.4, 0.5) is 0 Å². The van der Waals surface area contributed by atoms with Crippen LogP contribution in [0.5, 0.6) is 5.75 Å². The van der Waals surface area contributed by atoms with Crippen LogP contribution in [0.15, 0.2) is 36.9 Å². The molecule has 1 aliphatic rings. The summed E-state index contributed by atoms with van der Waals surface area (Å²) in [6.07, 6.45) is 5.71. The molecular formula is C20H28N2O3. The first-order chi connectivity index (χ1) is 12.2. The molecule has 2 rings (SSSR count). The van der Waals surface area contributed by atoms with E-state index in [1.54, 1.807) is 6.08 Å². The van der Waals surface area contributed by atoms with Gasteiger partial charge in [-0.3, -0.25) is 9.59 Å². The van der Waals surface area contributed by atoms with Gasteiger partial charge in [-0.2, -0.15) is 0 Å². The molecule has 1 aromatic carbocycles. The van der Waals surface area contributed by atoms with Gasteiger partial charge in [0.2, 0.25) is 5.91 Å². The van der Waals surface area contributed by atoms with Crippen molar-refractivity contribution >= 4 is 11.8 Å². The molecule has 1 fully saturated rings. The van der Waals surface area contributed by atoms with E-state index < -0.39 is 0 Å². The van der Waals surface area contributed by atoms with Crippen molar-refractivity contribution in [3.05, 3.63) is 42.5 Å². The van der Waals surface area contributed by atoms with Crippen LogP contribution in [0.1, 0.15) is 50.6 Å². The van der Waals surface area contributed by atoms with Crippen LogP contribution >= 0.6 is 0 Å². The van der Waals surface area contributed by atoms with Gasteiger partial charge in [-0.25, -0.2) is 0 Å². The Hall–Kier alpha value is -2.30. The van der Waals surface area contributed by atoms with E-state index in [2.05, 4.69) is 11.9 Å². The fourth-order valence-electron chi connectivity index (χ4n) is 3.00. The fraction of sp³-hybridized carbons (Fsp3) is 0.500. The van der Waals surface area contributed by atoms with E-state index in [9.17, 15) is 9.59 Å². The van der Waals surface area contributed by atoms with Gasteiger partial charge in [-0.05, 0) is 31.7 Å². The van der Waals surface area contributed by atoms with Gasteiger partial charge in [0.25, 0.3) is 5.91 Å². The average Bonchev–Trinajstić information content (AvgIpc) is 3.17. The van der Waals surface area contributed by atoms with Crippen LogP contribution in [0.2, 0.25) is 0 Å². The second kappa shape index (κ2) is 9.87. The Morgan fingerprint density at radius 2 is 2.04 bits per heavy atom. The van der Waals surface area contributed by atoms with Crippen molar-refractivity contribution in [2.75, 3.05) is 19.7 Å². The van der Waals surface area contributed by atoms with Crippen molar-refractivity contribution in [3.8, 4) is 5.75 Å². The molecule has 1 unspecified atom stereocenters. The number of amides is 2. The minimum absolute atomic E-state index is 0.00491. The molecular weight excluding hydrogens is 316 g/mol. The number of nitrogens with zero attached hydrogens (tertiary/aromatic N) is 1. The van der Waals surface area contributed by atoms with Crippen LogP contribution in [-0.4, -0.2) is 36.4 Å². The molecule has 5 nitrogen and oxygen atoms in total. The third-order valence-electron chi connectivity index (χ3n) is 4.42. The van der Waals surface area contributed by atoms with E-state index in [-0.39, 0.29) is 24.5 Å². The molecule has 0 spiro atoms. The lowest BCUT2D eigenvalue weighted by molar-refractivity contribution is -0.132. The van der Waals surface area contributed by atoms with Crippen molar-refractivity contribution in [2.24, 2.45) is 0 Å². The van der Waals surface area contributed by atoms with Gasteiger partial charge in [0.15, 0.2) is 6.61 Å². The van der Waals surface area contributed by atoms with Gasteiger partial charge in [-0.1, -0.05) is 31.2 Å². The molecule has 0 aromatic heterocycles. The highest BCUT2D eigenvalue weighted by Crippen LogP contribution is 2.27. The zero-order valence-corrected chi connectivity index (χ0v) is 15.0. The Morgan fingerprint density at radius 1 is 1.32 bits per heavy atom. The standard InChI is InChI=1S/C20H28N2O3/c1-3-5-12-19(23)21-17(4-2)16-10-6-7-11-18(16)25-15-20(24)22-13-8-9-14-22/h3,6-7,10-11,17H,1,4-5,8-9,12-15H2,2H3,(H,21,23). The topological polar surface area (TPSA) is 58.6 Å². The lowest BCUT2D eigenvalue weighted by Gasteiger charge is -2.21. The Morgan fingerprint density at radius 3 is 2.72 bits per heavy atom. The first-order valence-corrected chi connectivity index (χ1v) is 9.05. The summed E-state index contributed by atoms with van der Waals surface area (Å²) in [4.78, 5) is 26.1. The molecule has 0 radical (unpaired) electrons. The highest BCUT2D eigenvalue weighted by Gasteiger charge is 2.20. The predicted molar refractivity (Wildman–Crippen MR) is 98.4 cm³/mol. The molecule has 1 atom stereocenters. The van der Waals surface area contributed by atoms with Gasteiger partial charge in [0.1, 0.15) is 5.75 Å². The number of hydrogen-bond donors (Lipinski definition) is 1. The van der Waals surface area contributed by atoms with E-state index >= 15 is 0 Å². The molecule has 0 aliphatic carbocycles. The molecule has 1 saturated heterocycles. The van der Waals surface area contributed by atoms with Crippen LogP contribution in [0.25, 0.3) is 0 Å². The highest BCUT2D eigenvalue weighted by molar-refractivity contribution is 5.78. The number of hydrogen-bond acceptors (Lipinski definition) is 3. The number of nitrogens with one attached hydrogen (secondary N) is 1. The molecule has 0 saturated carbocycles. The molecule has 1 heterocycles. The lowest BCUT2D eigenvalue weighted by atomic mass is 10.0. The number of likely N-dealkylation sites (tertiary alicyclic amines) is 1. The van der Waals surface area contributed by atoms with Crippen molar-refractivity contribution in [1.82, 2.24) is 10.2 Å². The monoisotopic (exact) mass is 344 g/mol. The van der Waals surface area contributed by atoms with E-state index in [1.165, 1.54) is 0 Å². The minimum atomic E-state index is -0.129. The van der Waals surface area contributed by atoms with Crippen LogP contribution in [0.3, 0.4) is 0 Å². The molecule has 2 amide bonds. The third-order valence-corrected chi connectivity index (χ3v) is 4.42. The number of carbonyl (C=O) groups excluding carboxylic acids is 2. The molecule has 0 bridgehead atoms. The maximum absolute atomic E-state index is 12.2. The average molecular weight is 344 g/mol. The zero-order chi connectivity index (χ0) is 18.1. The number of allylic oxidation sites excluding steroid dienone is 1. The number of para-hydroxylation sites is 1. The normalized spacial score (nSPS) is 14.8. The van der Waals surface area contributed by atoms with Gasteiger partial charge < -0.3 is 15.0 Å². The fourth-order valence-corrected chi connectivity index (χ4v) is 3.00. The first kappa shape index (κ1) is 19.0. The summed E-state index contributed by atoms with van der Waals surface area (Å²) in [5.74, 6) is 0.677. The van der Waals surface area contributed by atoms with Crippen molar-refractivity contribution in [3.63, 3.8) is 0 Å². The maximum Gasteiger partial charge on any atom is 0.260 e. The zero-order valence-electron chi connectivity index (χ0n) is 15.0. The summed E-state index contributed by atoms with van der Waals surface area (Å²) in [7, 11) is 0. The highest BCUT2D eigenvalue weighted by atomic mass is 16.5. The molecule has 136 valence electrons.